The summed E-state index contributed by atoms with van der Waals surface area (Å²) in [7, 11) is 0. The van der Waals surface area contributed by atoms with Crippen LogP contribution in [0, 0.1) is 0 Å². The van der Waals surface area contributed by atoms with Crippen molar-refractivity contribution in [1.29, 1.82) is 0 Å². The maximum atomic E-state index is 7.06. The van der Waals surface area contributed by atoms with Gasteiger partial charge < -0.3 is 14.2 Å². The fourth-order valence-electron chi connectivity index (χ4n) is 9.52. The van der Waals surface area contributed by atoms with Crippen molar-refractivity contribution in [3.8, 4) is 33.4 Å². The number of para-hydroxylation sites is 1. The van der Waals surface area contributed by atoms with E-state index in [0.29, 0.717) is 0 Å². The molecule has 0 fully saturated rings. The number of rotatable bonds is 9. The number of hydrogen-bond acceptors (Lipinski definition) is 3. The topological polar surface area (TPSA) is 19.6 Å². The first-order valence-electron chi connectivity index (χ1n) is 22.2. The molecule has 3 heteroatoms. The number of furan rings is 1. The van der Waals surface area contributed by atoms with Gasteiger partial charge in [-0.1, -0.05) is 176 Å². The van der Waals surface area contributed by atoms with E-state index in [-0.39, 0.29) is 0 Å². The predicted molar refractivity (Wildman–Crippen MR) is 274 cm³/mol. The van der Waals surface area contributed by atoms with Gasteiger partial charge in [0.1, 0.15) is 11.2 Å². The molecule has 0 aliphatic carbocycles. The highest BCUT2D eigenvalue weighted by molar-refractivity contribution is 6.16. The quantitative estimate of drug-likeness (QED) is 0.144. The Morgan fingerprint density at radius 1 is 0.262 bits per heavy atom. The molecule has 0 amide bonds. The molecule has 65 heavy (non-hydrogen) atoms. The normalized spacial score (nSPS) is 11.4. The summed E-state index contributed by atoms with van der Waals surface area (Å²) >= 11 is 0. The van der Waals surface area contributed by atoms with Crippen molar-refractivity contribution in [3.63, 3.8) is 0 Å². The van der Waals surface area contributed by atoms with Gasteiger partial charge >= 0.3 is 0 Å². The Labute approximate surface area is 378 Å². The molecule has 306 valence electrons. The summed E-state index contributed by atoms with van der Waals surface area (Å²) in [4.78, 5) is 4.72. The van der Waals surface area contributed by atoms with Crippen molar-refractivity contribution >= 4 is 77.6 Å². The third kappa shape index (κ3) is 6.97. The first-order valence-corrected chi connectivity index (χ1v) is 22.2. The fraction of sp³-hybridized carbons (Fsp3) is 0. The van der Waals surface area contributed by atoms with E-state index >= 15 is 0 Å². The zero-order chi connectivity index (χ0) is 43.1. The van der Waals surface area contributed by atoms with Crippen molar-refractivity contribution in [1.82, 2.24) is 0 Å². The molecule has 11 aromatic carbocycles. The molecule has 0 aliphatic rings. The number of nitrogens with zero attached hydrogens (tertiary/aromatic N) is 2. The van der Waals surface area contributed by atoms with Gasteiger partial charge in [0.05, 0.1) is 5.69 Å². The van der Waals surface area contributed by atoms with Crippen LogP contribution in [0.1, 0.15) is 0 Å². The summed E-state index contributed by atoms with van der Waals surface area (Å²) in [5.74, 6) is 0. The van der Waals surface area contributed by atoms with E-state index < -0.39 is 0 Å². The van der Waals surface area contributed by atoms with E-state index in [1.54, 1.807) is 0 Å². The molecular weight excluding hydrogens is 789 g/mol. The van der Waals surface area contributed by atoms with Crippen LogP contribution in [-0.4, -0.2) is 0 Å². The van der Waals surface area contributed by atoms with Crippen LogP contribution in [0.2, 0.25) is 0 Å². The van der Waals surface area contributed by atoms with Crippen LogP contribution in [0.5, 0.6) is 0 Å². The first kappa shape index (κ1) is 38.0. The monoisotopic (exact) mass is 830 g/mol. The third-order valence-corrected chi connectivity index (χ3v) is 12.6. The summed E-state index contributed by atoms with van der Waals surface area (Å²) in [5, 5.41) is 6.71. The van der Waals surface area contributed by atoms with Crippen LogP contribution >= 0.6 is 0 Å². The van der Waals surface area contributed by atoms with E-state index in [4.69, 9.17) is 4.42 Å². The summed E-state index contributed by atoms with van der Waals surface area (Å²) in [6.45, 7) is 0. The SMILES string of the molecule is c1ccc(-c2cccc(N(c3ccccc3)c3ccc4ccc5c6ccc(N(c7cccc(-c8ccccc8)c7)c7ccc(-c8ccccc8)c8ccccc78)cc6oc5c4c3)c2)cc1. The van der Waals surface area contributed by atoms with Crippen molar-refractivity contribution in [2.24, 2.45) is 0 Å². The second-order valence-electron chi connectivity index (χ2n) is 16.5. The van der Waals surface area contributed by atoms with E-state index in [1.165, 1.54) is 38.6 Å². The lowest BCUT2D eigenvalue weighted by atomic mass is 9.96. The Morgan fingerprint density at radius 3 is 1.43 bits per heavy atom. The van der Waals surface area contributed by atoms with Crippen LogP contribution < -0.4 is 9.80 Å². The van der Waals surface area contributed by atoms with E-state index in [1.807, 2.05) is 0 Å². The molecule has 12 rings (SSSR count). The lowest BCUT2D eigenvalue weighted by Crippen LogP contribution is -2.10. The largest absolute Gasteiger partial charge is 0.455 e. The molecule has 0 atom stereocenters. The lowest BCUT2D eigenvalue weighted by Gasteiger charge is -2.28. The van der Waals surface area contributed by atoms with Gasteiger partial charge in [-0.25, -0.2) is 0 Å². The van der Waals surface area contributed by atoms with Gasteiger partial charge in [-0.3, -0.25) is 0 Å². The summed E-state index contributed by atoms with van der Waals surface area (Å²) in [6.07, 6.45) is 0. The van der Waals surface area contributed by atoms with Crippen LogP contribution in [-0.2, 0) is 0 Å². The zero-order valence-electron chi connectivity index (χ0n) is 35.6. The van der Waals surface area contributed by atoms with Crippen molar-refractivity contribution in [2.75, 3.05) is 9.80 Å². The molecule has 0 radical (unpaired) electrons. The summed E-state index contributed by atoms with van der Waals surface area (Å²) in [6, 6.07) is 91.2. The molecule has 0 N–H and O–H groups in total. The van der Waals surface area contributed by atoms with Gasteiger partial charge in [0.25, 0.3) is 0 Å². The highest BCUT2D eigenvalue weighted by Crippen LogP contribution is 2.46. The van der Waals surface area contributed by atoms with E-state index in [2.05, 4.69) is 265 Å². The Hall–Kier alpha value is -8.66. The number of hydrogen-bond donors (Lipinski definition) is 0. The number of anilines is 6. The highest BCUT2D eigenvalue weighted by atomic mass is 16.3. The lowest BCUT2D eigenvalue weighted by molar-refractivity contribution is 0.672. The van der Waals surface area contributed by atoms with Crippen LogP contribution in [0.15, 0.2) is 259 Å². The molecule has 1 heterocycles. The van der Waals surface area contributed by atoms with Gasteiger partial charge in [0, 0.05) is 56.0 Å². The second-order valence-corrected chi connectivity index (χ2v) is 16.5. The van der Waals surface area contributed by atoms with Crippen molar-refractivity contribution < 1.29 is 4.42 Å². The Bertz CT molecular complexity index is 3660. The minimum atomic E-state index is 0.834. The molecule has 0 unspecified atom stereocenters. The predicted octanol–water partition coefficient (Wildman–Crippen LogP) is 17.8. The van der Waals surface area contributed by atoms with E-state index in [0.717, 1.165) is 72.4 Å². The maximum absolute atomic E-state index is 7.06. The van der Waals surface area contributed by atoms with Gasteiger partial charge in [-0.2, -0.15) is 0 Å². The zero-order valence-corrected chi connectivity index (χ0v) is 35.6. The molecular formula is C62H42N2O. The minimum absolute atomic E-state index is 0.834. The third-order valence-electron chi connectivity index (χ3n) is 12.6. The first-order chi connectivity index (χ1) is 32.2. The molecule has 12 aromatic rings. The fourth-order valence-corrected chi connectivity index (χ4v) is 9.52. The summed E-state index contributed by atoms with van der Waals surface area (Å²) < 4.78 is 7.06. The average Bonchev–Trinajstić information content (AvgIpc) is 3.76. The summed E-state index contributed by atoms with van der Waals surface area (Å²) in [5.41, 5.74) is 15.2. The van der Waals surface area contributed by atoms with Gasteiger partial charge in [0.2, 0.25) is 0 Å². The van der Waals surface area contributed by atoms with E-state index in [9.17, 15) is 0 Å². The van der Waals surface area contributed by atoms with Crippen LogP contribution in [0.3, 0.4) is 0 Å². The molecule has 0 saturated carbocycles. The molecule has 3 nitrogen and oxygen atoms in total. The minimum Gasteiger partial charge on any atom is -0.455 e. The smallest absolute Gasteiger partial charge is 0.143 e. The van der Waals surface area contributed by atoms with Gasteiger partial charge in [-0.05, 0) is 117 Å². The number of benzene rings is 11. The van der Waals surface area contributed by atoms with Crippen LogP contribution in [0.25, 0.3) is 76.9 Å². The molecule has 0 aliphatic heterocycles. The second kappa shape index (κ2) is 16.2. The highest BCUT2D eigenvalue weighted by Gasteiger charge is 2.21. The van der Waals surface area contributed by atoms with Crippen molar-refractivity contribution in [2.45, 2.75) is 0 Å². The Kier molecular flexibility index (Phi) is 9.50. The molecule has 0 saturated heterocycles. The van der Waals surface area contributed by atoms with Crippen molar-refractivity contribution in [3.05, 3.63) is 255 Å². The average molecular weight is 831 g/mol. The Morgan fingerprint density at radius 2 is 0.754 bits per heavy atom. The number of fused-ring (bicyclic) bond motifs is 6. The maximum Gasteiger partial charge on any atom is 0.143 e. The Balaban J connectivity index is 1.02. The van der Waals surface area contributed by atoms with Gasteiger partial charge in [0.15, 0.2) is 0 Å². The molecule has 0 bridgehead atoms. The standard InChI is InChI=1S/C62H42N2O/c1-5-17-43(18-6-1)47-23-15-27-50(39-47)63(49-25-11-4-12-26-49)52-33-31-46-32-35-58-57-36-34-53(42-61(57)65-62(58)59(46)41-52)64(51-28-16-24-48(40-51)44-19-7-2-8-20-44)60-38-37-54(45-21-9-3-10-22-45)55-29-13-14-30-56(55)60/h1-42H. The molecule has 0 spiro atoms. The van der Waals surface area contributed by atoms with Crippen LogP contribution in [0.4, 0.5) is 34.1 Å². The molecule has 1 aromatic heterocycles. The van der Waals surface area contributed by atoms with Gasteiger partial charge in [-0.15, -0.1) is 0 Å².